The van der Waals surface area contributed by atoms with E-state index in [0.717, 1.165) is 25.6 Å². The number of hydrogen-bond acceptors (Lipinski definition) is 3. The Bertz CT molecular complexity index is 609. The number of nitrogens with zero attached hydrogens (tertiary/aromatic N) is 3. The van der Waals surface area contributed by atoms with Crippen molar-refractivity contribution in [1.29, 1.82) is 0 Å². The summed E-state index contributed by atoms with van der Waals surface area (Å²) < 4.78 is 0. The van der Waals surface area contributed by atoms with E-state index in [4.69, 9.17) is 4.99 Å². The molecule has 1 aliphatic rings. The van der Waals surface area contributed by atoms with Crippen LogP contribution in [0.3, 0.4) is 0 Å². The highest BCUT2D eigenvalue weighted by Crippen LogP contribution is 2.24. The van der Waals surface area contributed by atoms with Crippen molar-refractivity contribution in [2.45, 2.75) is 46.6 Å². The minimum Gasteiger partial charge on any atom is -0.372 e. The van der Waals surface area contributed by atoms with Gasteiger partial charge in [0.15, 0.2) is 5.96 Å². The third-order valence-corrected chi connectivity index (χ3v) is 4.95. The first kappa shape index (κ1) is 25.0. The summed E-state index contributed by atoms with van der Waals surface area (Å²) in [5, 5.41) is 6.98. The second-order valence-corrected chi connectivity index (χ2v) is 8.75. The van der Waals surface area contributed by atoms with Crippen molar-refractivity contribution in [1.82, 2.24) is 15.5 Å². The molecule has 0 aromatic heterocycles. The number of nitrogens with one attached hydrogen (secondary N) is 2. The van der Waals surface area contributed by atoms with Crippen LogP contribution in [0.2, 0.25) is 0 Å². The molecule has 1 heterocycles. The Morgan fingerprint density at radius 3 is 2.54 bits per heavy atom. The number of guanidine groups is 1. The van der Waals surface area contributed by atoms with E-state index in [1.165, 1.54) is 37.2 Å². The summed E-state index contributed by atoms with van der Waals surface area (Å²) in [6, 6.07) is 9.14. The van der Waals surface area contributed by atoms with Crippen LogP contribution in [-0.2, 0) is 0 Å². The molecule has 5 nitrogen and oxygen atoms in total. The molecular formula is C22H40IN5. The zero-order valence-corrected chi connectivity index (χ0v) is 20.9. The van der Waals surface area contributed by atoms with Crippen LogP contribution in [0, 0.1) is 5.41 Å². The predicted octanol–water partition coefficient (Wildman–Crippen LogP) is 4.11. The van der Waals surface area contributed by atoms with Crippen molar-refractivity contribution >= 4 is 35.6 Å². The van der Waals surface area contributed by atoms with Gasteiger partial charge >= 0.3 is 0 Å². The topological polar surface area (TPSA) is 42.9 Å². The van der Waals surface area contributed by atoms with Gasteiger partial charge in [-0.3, -0.25) is 4.99 Å². The van der Waals surface area contributed by atoms with Gasteiger partial charge in [-0.25, -0.2) is 0 Å². The first-order valence-corrected chi connectivity index (χ1v) is 10.4. The van der Waals surface area contributed by atoms with Crippen LogP contribution in [0.15, 0.2) is 29.3 Å². The molecule has 6 heteroatoms. The normalized spacial score (nSPS) is 16.1. The maximum atomic E-state index is 4.86. The molecule has 160 valence electrons. The summed E-state index contributed by atoms with van der Waals surface area (Å²) in [5.41, 5.74) is 2.79. The molecule has 0 radical (unpaired) electrons. The standard InChI is InChI=1S/C22H39N5.HI/c1-7-23-21(24-16-22(3,4)17-26(5)6)25-18(2)19-11-10-12-20(15-19)27-13-8-9-14-27;/h10-12,15,18H,7-9,13-14,16-17H2,1-6H3,(H2,23,24,25);1H. The van der Waals surface area contributed by atoms with E-state index in [1.54, 1.807) is 0 Å². The van der Waals surface area contributed by atoms with Crippen molar-refractivity contribution in [3.63, 3.8) is 0 Å². The van der Waals surface area contributed by atoms with Gasteiger partial charge in [0.25, 0.3) is 0 Å². The SMILES string of the molecule is CCNC(=NCC(C)(C)CN(C)C)NC(C)c1cccc(N2CCCC2)c1.I. The molecule has 1 aliphatic heterocycles. The molecule has 1 aromatic carbocycles. The number of rotatable bonds is 8. The van der Waals surface area contributed by atoms with Crippen molar-refractivity contribution in [3.8, 4) is 0 Å². The highest BCUT2D eigenvalue weighted by molar-refractivity contribution is 14.0. The minimum atomic E-state index is 0. The smallest absolute Gasteiger partial charge is 0.191 e. The van der Waals surface area contributed by atoms with Gasteiger partial charge in [-0.2, -0.15) is 0 Å². The Morgan fingerprint density at radius 1 is 1.25 bits per heavy atom. The number of benzene rings is 1. The van der Waals surface area contributed by atoms with Crippen LogP contribution >= 0.6 is 24.0 Å². The lowest BCUT2D eigenvalue weighted by Gasteiger charge is -2.27. The van der Waals surface area contributed by atoms with E-state index >= 15 is 0 Å². The number of halogens is 1. The fraction of sp³-hybridized carbons (Fsp3) is 0.682. The Morgan fingerprint density at radius 2 is 1.93 bits per heavy atom. The average Bonchev–Trinajstić information content (AvgIpc) is 3.13. The van der Waals surface area contributed by atoms with Crippen LogP contribution in [0.1, 0.15) is 52.1 Å². The Hall–Kier alpha value is -1.02. The van der Waals surface area contributed by atoms with Gasteiger partial charge in [0.05, 0.1) is 6.04 Å². The monoisotopic (exact) mass is 501 g/mol. The van der Waals surface area contributed by atoms with Gasteiger partial charge in [0.1, 0.15) is 0 Å². The summed E-state index contributed by atoms with van der Waals surface area (Å²) >= 11 is 0. The second kappa shape index (κ2) is 11.9. The summed E-state index contributed by atoms with van der Waals surface area (Å²) in [7, 11) is 4.23. The van der Waals surface area contributed by atoms with Crippen LogP contribution in [0.5, 0.6) is 0 Å². The van der Waals surface area contributed by atoms with Crippen LogP contribution in [0.25, 0.3) is 0 Å². The number of aliphatic imine (C=N–C) groups is 1. The lowest BCUT2D eigenvalue weighted by Crippen LogP contribution is -2.40. The third-order valence-electron chi connectivity index (χ3n) is 4.95. The minimum absolute atomic E-state index is 0. The van der Waals surface area contributed by atoms with E-state index in [2.05, 4.69) is 86.5 Å². The molecule has 1 aromatic rings. The Kier molecular flexibility index (Phi) is 10.6. The van der Waals surface area contributed by atoms with Gasteiger partial charge in [0, 0.05) is 38.4 Å². The largest absolute Gasteiger partial charge is 0.372 e. The highest BCUT2D eigenvalue weighted by Gasteiger charge is 2.19. The van der Waals surface area contributed by atoms with E-state index in [0.29, 0.717) is 0 Å². The summed E-state index contributed by atoms with van der Waals surface area (Å²) in [6.45, 7) is 13.9. The molecular weight excluding hydrogens is 461 g/mol. The van der Waals surface area contributed by atoms with Crippen molar-refractivity contribution in [3.05, 3.63) is 29.8 Å². The van der Waals surface area contributed by atoms with Crippen molar-refractivity contribution in [2.75, 3.05) is 51.7 Å². The maximum Gasteiger partial charge on any atom is 0.191 e. The van der Waals surface area contributed by atoms with Gasteiger partial charge in [-0.15, -0.1) is 24.0 Å². The van der Waals surface area contributed by atoms with Gasteiger partial charge in [0.2, 0.25) is 0 Å². The maximum absolute atomic E-state index is 4.86. The molecule has 1 unspecified atom stereocenters. The molecule has 0 amide bonds. The number of hydrogen-bond donors (Lipinski definition) is 2. The predicted molar refractivity (Wildman–Crippen MR) is 133 cm³/mol. The summed E-state index contributed by atoms with van der Waals surface area (Å²) in [5.74, 6) is 0.892. The first-order chi connectivity index (χ1) is 12.8. The van der Waals surface area contributed by atoms with Gasteiger partial charge in [-0.05, 0) is 63.9 Å². The van der Waals surface area contributed by atoms with Crippen molar-refractivity contribution in [2.24, 2.45) is 10.4 Å². The molecule has 0 bridgehead atoms. The summed E-state index contributed by atoms with van der Waals surface area (Å²) in [6.07, 6.45) is 2.61. The number of anilines is 1. The van der Waals surface area contributed by atoms with Gasteiger partial charge < -0.3 is 20.4 Å². The van der Waals surface area contributed by atoms with E-state index in [9.17, 15) is 0 Å². The fourth-order valence-electron chi connectivity index (χ4n) is 3.77. The zero-order valence-electron chi connectivity index (χ0n) is 18.6. The fourth-order valence-corrected chi connectivity index (χ4v) is 3.77. The molecule has 0 saturated carbocycles. The lowest BCUT2D eigenvalue weighted by molar-refractivity contribution is 0.248. The molecule has 1 saturated heterocycles. The molecule has 1 fully saturated rings. The Labute approximate surface area is 189 Å². The first-order valence-electron chi connectivity index (χ1n) is 10.4. The molecule has 0 spiro atoms. The van der Waals surface area contributed by atoms with E-state index in [1.807, 2.05) is 0 Å². The molecule has 28 heavy (non-hydrogen) atoms. The highest BCUT2D eigenvalue weighted by atomic mass is 127. The third kappa shape index (κ3) is 8.15. The van der Waals surface area contributed by atoms with Gasteiger partial charge in [-0.1, -0.05) is 26.0 Å². The molecule has 1 atom stereocenters. The van der Waals surface area contributed by atoms with Crippen LogP contribution in [-0.4, -0.2) is 57.7 Å². The second-order valence-electron chi connectivity index (χ2n) is 8.75. The molecule has 2 N–H and O–H groups in total. The quantitative estimate of drug-likeness (QED) is 0.320. The lowest BCUT2D eigenvalue weighted by atomic mass is 9.93. The van der Waals surface area contributed by atoms with Crippen LogP contribution in [0.4, 0.5) is 5.69 Å². The summed E-state index contributed by atoms with van der Waals surface area (Å²) in [4.78, 5) is 9.57. The van der Waals surface area contributed by atoms with Crippen molar-refractivity contribution < 1.29 is 0 Å². The van der Waals surface area contributed by atoms with E-state index < -0.39 is 0 Å². The van der Waals surface area contributed by atoms with Crippen LogP contribution < -0.4 is 15.5 Å². The zero-order chi connectivity index (χ0) is 19.9. The molecule has 2 rings (SSSR count). The molecule has 0 aliphatic carbocycles. The average molecular weight is 502 g/mol. The Balaban J connectivity index is 0.00000392. The van der Waals surface area contributed by atoms with E-state index in [-0.39, 0.29) is 35.4 Å².